The minimum absolute atomic E-state index is 0.272. The van der Waals surface area contributed by atoms with E-state index in [9.17, 15) is 0 Å². The average molecular weight is 302 g/mol. The van der Waals surface area contributed by atoms with Gasteiger partial charge in [-0.1, -0.05) is 32.1 Å². The molecule has 0 radical (unpaired) electrons. The van der Waals surface area contributed by atoms with Crippen LogP contribution in [0.5, 0.6) is 5.19 Å². The standard InChI is InChI=1S/C17H22N2OS/c1-16(2)10-6-7-17(16,3)14(8-10)20-15-19-12-5-4-11(18)9-13(12)21-15/h4-5,9-10,14H,6-8,18H2,1-3H3. The van der Waals surface area contributed by atoms with Crippen molar-refractivity contribution in [1.29, 1.82) is 0 Å². The Hall–Kier alpha value is -1.29. The van der Waals surface area contributed by atoms with Crippen molar-refractivity contribution in [2.75, 3.05) is 5.73 Å². The van der Waals surface area contributed by atoms with E-state index in [1.165, 1.54) is 19.3 Å². The van der Waals surface area contributed by atoms with E-state index >= 15 is 0 Å². The highest BCUT2D eigenvalue weighted by Crippen LogP contribution is 2.66. The van der Waals surface area contributed by atoms with Crippen LogP contribution in [-0.4, -0.2) is 11.1 Å². The van der Waals surface area contributed by atoms with E-state index in [0.717, 1.165) is 27.0 Å². The van der Waals surface area contributed by atoms with Gasteiger partial charge >= 0.3 is 0 Å². The summed E-state index contributed by atoms with van der Waals surface area (Å²) in [6.07, 6.45) is 4.08. The van der Waals surface area contributed by atoms with Crippen LogP contribution < -0.4 is 10.5 Å². The van der Waals surface area contributed by atoms with Crippen LogP contribution in [-0.2, 0) is 0 Å². The fourth-order valence-corrected chi connectivity index (χ4v) is 5.31. The molecule has 2 fully saturated rings. The molecule has 1 heterocycles. The number of hydrogen-bond acceptors (Lipinski definition) is 4. The largest absolute Gasteiger partial charge is 0.466 e. The van der Waals surface area contributed by atoms with Crippen molar-refractivity contribution in [2.24, 2.45) is 16.7 Å². The highest BCUT2D eigenvalue weighted by atomic mass is 32.1. The Morgan fingerprint density at radius 3 is 2.81 bits per heavy atom. The minimum atomic E-state index is 0.272. The summed E-state index contributed by atoms with van der Waals surface area (Å²) in [6.45, 7) is 7.22. The predicted octanol–water partition coefficient (Wildman–Crippen LogP) is 4.47. The van der Waals surface area contributed by atoms with Crippen LogP contribution in [0.1, 0.15) is 40.0 Å². The molecular weight excluding hydrogens is 280 g/mol. The number of anilines is 1. The van der Waals surface area contributed by atoms with Gasteiger partial charge in [-0.15, -0.1) is 0 Å². The number of nitrogens with two attached hydrogens (primary N) is 1. The molecule has 0 aliphatic heterocycles. The summed E-state index contributed by atoms with van der Waals surface area (Å²) in [4.78, 5) is 4.62. The maximum Gasteiger partial charge on any atom is 0.274 e. The number of thiazole rings is 1. The summed E-state index contributed by atoms with van der Waals surface area (Å²) in [6, 6.07) is 5.85. The molecule has 2 aliphatic carbocycles. The quantitative estimate of drug-likeness (QED) is 0.832. The van der Waals surface area contributed by atoms with E-state index in [2.05, 4.69) is 25.8 Å². The molecule has 2 aliphatic rings. The Balaban J connectivity index is 1.64. The van der Waals surface area contributed by atoms with Crippen LogP contribution in [0.2, 0.25) is 0 Å². The molecule has 3 nitrogen and oxygen atoms in total. The number of benzene rings is 1. The van der Waals surface area contributed by atoms with Gasteiger partial charge < -0.3 is 10.5 Å². The van der Waals surface area contributed by atoms with Gasteiger partial charge in [0.05, 0.1) is 10.2 Å². The molecule has 112 valence electrons. The minimum Gasteiger partial charge on any atom is -0.466 e. The molecule has 1 aromatic heterocycles. The van der Waals surface area contributed by atoms with Crippen LogP contribution in [0.15, 0.2) is 18.2 Å². The molecular formula is C17H22N2OS. The van der Waals surface area contributed by atoms with Gasteiger partial charge in [-0.05, 0) is 48.8 Å². The summed E-state index contributed by atoms with van der Waals surface area (Å²) >= 11 is 1.61. The SMILES string of the molecule is CC1(C)C2CCC1(C)C(Oc1nc3ccc(N)cc3s1)C2. The molecule has 4 rings (SSSR count). The molecule has 2 bridgehead atoms. The Bertz CT molecular complexity index is 708. The third kappa shape index (κ3) is 1.75. The zero-order valence-corrected chi connectivity index (χ0v) is 13.7. The molecule has 2 aromatic rings. The first-order valence-corrected chi connectivity index (χ1v) is 8.54. The topological polar surface area (TPSA) is 48.1 Å². The van der Waals surface area contributed by atoms with Crippen LogP contribution in [0, 0.1) is 16.7 Å². The van der Waals surface area contributed by atoms with Crippen molar-refractivity contribution >= 4 is 27.2 Å². The highest BCUT2D eigenvalue weighted by molar-refractivity contribution is 7.20. The smallest absolute Gasteiger partial charge is 0.274 e. The summed E-state index contributed by atoms with van der Waals surface area (Å²) in [5.41, 5.74) is 8.25. The van der Waals surface area contributed by atoms with Gasteiger partial charge in [0, 0.05) is 11.1 Å². The maximum absolute atomic E-state index is 6.34. The monoisotopic (exact) mass is 302 g/mol. The predicted molar refractivity (Wildman–Crippen MR) is 87.7 cm³/mol. The second-order valence-electron chi connectivity index (χ2n) is 7.42. The Kier molecular flexibility index (Phi) is 2.63. The van der Waals surface area contributed by atoms with Gasteiger partial charge in [0.2, 0.25) is 0 Å². The fourth-order valence-electron chi connectivity index (χ4n) is 4.40. The Labute approximate surface area is 129 Å². The molecule has 0 spiro atoms. The molecule has 0 amide bonds. The van der Waals surface area contributed by atoms with Crippen LogP contribution in [0.25, 0.3) is 10.2 Å². The van der Waals surface area contributed by atoms with Crippen LogP contribution in [0.3, 0.4) is 0 Å². The van der Waals surface area contributed by atoms with Crippen molar-refractivity contribution in [3.63, 3.8) is 0 Å². The first kappa shape index (κ1) is 13.4. The second kappa shape index (κ2) is 4.13. The zero-order valence-electron chi connectivity index (χ0n) is 12.8. The van der Waals surface area contributed by atoms with Crippen molar-refractivity contribution < 1.29 is 4.74 Å². The molecule has 3 unspecified atom stereocenters. The molecule has 2 saturated carbocycles. The summed E-state index contributed by atoms with van der Waals surface area (Å²) in [5, 5.41) is 0.796. The van der Waals surface area contributed by atoms with Gasteiger partial charge in [0.15, 0.2) is 0 Å². The molecule has 21 heavy (non-hydrogen) atoms. The fraction of sp³-hybridized carbons (Fsp3) is 0.588. The van der Waals surface area contributed by atoms with E-state index in [0.29, 0.717) is 11.5 Å². The van der Waals surface area contributed by atoms with E-state index < -0.39 is 0 Å². The van der Waals surface area contributed by atoms with Crippen molar-refractivity contribution in [2.45, 2.75) is 46.1 Å². The van der Waals surface area contributed by atoms with Gasteiger partial charge in [-0.2, -0.15) is 0 Å². The number of ether oxygens (including phenoxy) is 1. The van der Waals surface area contributed by atoms with Crippen molar-refractivity contribution in [1.82, 2.24) is 4.98 Å². The van der Waals surface area contributed by atoms with E-state index in [4.69, 9.17) is 10.5 Å². The van der Waals surface area contributed by atoms with Gasteiger partial charge in [-0.3, -0.25) is 0 Å². The van der Waals surface area contributed by atoms with Gasteiger partial charge in [0.25, 0.3) is 5.19 Å². The third-order valence-electron chi connectivity index (χ3n) is 6.35. The average Bonchev–Trinajstić information content (AvgIpc) is 2.96. The number of hydrogen-bond donors (Lipinski definition) is 1. The number of aromatic nitrogens is 1. The summed E-state index contributed by atoms with van der Waals surface area (Å²) in [5.74, 6) is 0.789. The molecule has 2 N–H and O–H groups in total. The first-order valence-electron chi connectivity index (χ1n) is 7.73. The van der Waals surface area contributed by atoms with Crippen molar-refractivity contribution in [3.05, 3.63) is 18.2 Å². The maximum atomic E-state index is 6.34. The van der Waals surface area contributed by atoms with Gasteiger partial charge in [-0.25, -0.2) is 4.98 Å². The lowest BCUT2D eigenvalue weighted by Crippen LogP contribution is -2.38. The van der Waals surface area contributed by atoms with Gasteiger partial charge in [0.1, 0.15) is 6.10 Å². The van der Waals surface area contributed by atoms with Crippen LogP contribution >= 0.6 is 11.3 Å². The summed E-state index contributed by atoms with van der Waals surface area (Å²) < 4.78 is 7.45. The Morgan fingerprint density at radius 1 is 1.33 bits per heavy atom. The molecule has 0 saturated heterocycles. The number of nitrogen functional groups attached to an aromatic ring is 1. The number of nitrogens with zero attached hydrogens (tertiary/aromatic N) is 1. The van der Waals surface area contributed by atoms with Crippen molar-refractivity contribution in [3.8, 4) is 5.19 Å². The first-order chi connectivity index (χ1) is 9.90. The number of rotatable bonds is 2. The number of fused-ring (bicyclic) bond motifs is 3. The lowest BCUT2D eigenvalue weighted by atomic mass is 9.70. The zero-order chi connectivity index (χ0) is 14.8. The molecule has 4 heteroatoms. The van der Waals surface area contributed by atoms with Crippen LogP contribution in [0.4, 0.5) is 5.69 Å². The normalized spacial score (nSPS) is 33.7. The Morgan fingerprint density at radius 2 is 2.14 bits per heavy atom. The molecule has 3 atom stereocenters. The van der Waals surface area contributed by atoms with E-state index in [1.54, 1.807) is 11.3 Å². The molecule has 1 aromatic carbocycles. The van der Waals surface area contributed by atoms with E-state index in [-0.39, 0.29) is 5.41 Å². The second-order valence-corrected chi connectivity index (χ2v) is 8.42. The third-order valence-corrected chi connectivity index (χ3v) is 7.26. The van der Waals surface area contributed by atoms with E-state index in [1.807, 2.05) is 18.2 Å². The lowest BCUT2D eigenvalue weighted by molar-refractivity contribution is 0.0301. The summed E-state index contributed by atoms with van der Waals surface area (Å²) in [7, 11) is 0. The highest BCUT2D eigenvalue weighted by Gasteiger charge is 2.62. The lowest BCUT2D eigenvalue weighted by Gasteiger charge is -2.38.